The Bertz CT molecular complexity index is 808. The number of nitrogen functional groups attached to an aromatic ring is 1. The standard InChI is InChI=1S/C16H15N3O2/c1-10-8-18-5-4-11(10)9-19-16(20)15-7-12-6-13(17)2-3-14(12)21-15/h2-8H,9,17H2,1H3,(H,19,20). The normalized spacial score (nSPS) is 10.7. The number of aryl methyl sites for hydroxylation is 1. The van der Waals surface area contributed by atoms with Crippen molar-refractivity contribution in [2.24, 2.45) is 0 Å². The molecule has 0 unspecified atom stereocenters. The van der Waals surface area contributed by atoms with E-state index in [0.717, 1.165) is 16.5 Å². The zero-order chi connectivity index (χ0) is 14.8. The first-order valence-corrected chi connectivity index (χ1v) is 6.60. The van der Waals surface area contributed by atoms with Gasteiger partial charge in [0.1, 0.15) is 5.58 Å². The predicted molar refractivity (Wildman–Crippen MR) is 80.8 cm³/mol. The maximum Gasteiger partial charge on any atom is 0.287 e. The maximum atomic E-state index is 12.1. The van der Waals surface area contributed by atoms with Gasteiger partial charge in [-0.2, -0.15) is 0 Å². The molecule has 0 spiro atoms. The summed E-state index contributed by atoms with van der Waals surface area (Å²) in [5.74, 6) is 0.0308. The van der Waals surface area contributed by atoms with Crippen LogP contribution in [-0.4, -0.2) is 10.9 Å². The number of hydrogen-bond donors (Lipinski definition) is 2. The second-order valence-electron chi connectivity index (χ2n) is 4.89. The summed E-state index contributed by atoms with van der Waals surface area (Å²) in [6.07, 6.45) is 3.48. The Morgan fingerprint density at radius 3 is 3.00 bits per heavy atom. The van der Waals surface area contributed by atoms with Crippen molar-refractivity contribution in [3.8, 4) is 0 Å². The lowest BCUT2D eigenvalue weighted by atomic mass is 10.1. The number of fused-ring (bicyclic) bond motifs is 1. The van der Waals surface area contributed by atoms with Crippen LogP contribution < -0.4 is 11.1 Å². The monoisotopic (exact) mass is 281 g/mol. The Kier molecular flexibility index (Phi) is 3.31. The minimum absolute atomic E-state index is 0.249. The molecule has 0 aliphatic heterocycles. The second kappa shape index (κ2) is 5.28. The van der Waals surface area contributed by atoms with Crippen LogP contribution in [-0.2, 0) is 6.54 Å². The molecule has 21 heavy (non-hydrogen) atoms. The van der Waals surface area contributed by atoms with Crippen molar-refractivity contribution in [3.63, 3.8) is 0 Å². The highest BCUT2D eigenvalue weighted by atomic mass is 16.3. The zero-order valence-corrected chi connectivity index (χ0v) is 11.6. The van der Waals surface area contributed by atoms with E-state index in [1.165, 1.54) is 0 Å². The molecular formula is C16H15N3O2. The number of carbonyl (C=O) groups excluding carboxylic acids is 1. The molecule has 0 fully saturated rings. The first-order valence-electron chi connectivity index (χ1n) is 6.60. The lowest BCUT2D eigenvalue weighted by Crippen LogP contribution is -2.22. The smallest absolute Gasteiger partial charge is 0.287 e. The molecule has 5 heteroatoms. The van der Waals surface area contributed by atoms with Gasteiger partial charge in [0, 0.05) is 30.0 Å². The highest BCUT2D eigenvalue weighted by Gasteiger charge is 2.12. The zero-order valence-electron chi connectivity index (χ0n) is 11.6. The molecule has 1 aromatic carbocycles. The summed E-state index contributed by atoms with van der Waals surface area (Å²) < 4.78 is 5.52. The fraction of sp³-hybridized carbons (Fsp3) is 0.125. The van der Waals surface area contributed by atoms with E-state index in [9.17, 15) is 4.79 Å². The van der Waals surface area contributed by atoms with Crippen molar-refractivity contribution in [2.75, 3.05) is 5.73 Å². The van der Waals surface area contributed by atoms with Gasteiger partial charge >= 0.3 is 0 Å². The van der Waals surface area contributed by atoms with E-state index in [0.29, 0.717) is 17.8 Å². The third kappa shape index (κ3) is 2.72. The number of carbonyl (C=O) groups is 1. The third-order valence-corrected chi connectivity index (χ3v) is 3.34. The summed E-state index contributed by atoms with van der Waals surface area (Å²) >= 11 is 0. The van der Waals surface area contributed by atoms with Crippen LogP contribution in [0.25, 0.3) is 11.0 Å². The predicted octanol–water partition coefficient (Wildman–Crippen LogP) is 2.65. The minimum atomic E-state index is -0.249. The molecule has 3 N–H and O–H groups in total. The molecule has 0 radical (unpaired) electrons. The number of hydrogen-bond acceptors (Lipinski definition) is 4. The Hall–Kier alpha value is -2.82. The molecule has 2 aromatic heterocycles. The van der Waals surface area contributed by atoms with E-state index in [-0.39, 0.29) is 11.7 Å². The Morgan fingerprint density at radius 1 is 1.33 bits per heavy atom. The number of anilines is 1. The Balaban J connectivity index is 1.76. The maximum absolute atomic E-state index is 12.1. The van der Waals surface area contributed by atoms with Crippen LogP contribution in [0.4, 0.5) is 5.69 Å². The molecule has 0 bridgehead atoms. The first-order chi connectivity index (χ1) is 10.1. The van der Waals surface area contributed by atoms with Gasteiger partial charge in [0.25, 0.3) is 5.91 Å². The van der Waals surface area contributed by atoms with Gasteiger partial charge in [0.05, 0.1) is 0 Å². The quantitative estimate of drug-likeness (QED) is 0.723. The van der Waals surface area contributed by atoms with Crippen LogP contribution in [0.3, 0.4) is 0 Å². The van der Waals surface area contributed by atoms with Gasteiger partial charge in [0.2, 0.25) is 0 Å². The van der Waals surface area contributed by atoms with E-state index in [4.69, 9.17) is 10.2 Å². The van der Waals surface area contributed by atoms with E-state index >= 15 is 0 Å². The Labute approximate surface area is 121 Å². The molecule has 0 aliphatic carbocycles. The molecule has 5 nitrogen and oxygen atoms in total. The number of furan rings is 1. The molecule has 0 saturated heterocycles. The van der Waals surface area contributed by atoms with Crippen molar-refractivity contribution in [1.82, 2.24) is 10.3 Å². The lowest BCUT2D eigenvalue weighted by Gasteiger charge is -2.05. The number of nitrogens with two attached hydrogens (primary N) is 1. The van der Waals surface area contributed by atoms with Gasteiger partial charge in [0.15, 0.2) is 5.76 Å². The number of nitrogens with zero attached hydrogens (tertiary/aromatic N) is 1. The average Bonchev–Trinajstić information content (AvgIpc) is 2.89. The second-order valence-corrected chi connectivity index (χ2v) is 4.89. The molecule has 0 saturated carbocycles. The fourth-order valence-electron chi connectivity index (χ4n) is 2.14. The minimum Gasteiger partial charge on any atom is -0.451 e. The summed E-state index contributed by atoms with van der Waals surface area (Å²) in [5.41, 5.74) is 9.07. The van der Waals surface area contributed by atoms with Crippen LogP contribution in [0.15, 0.2) is 47.1 Å². The van der Waals surface area contributed by atoms with Crippen molar-refractivity contribution in [2.45, 2.75) is 13.5 Å². The van der Waals surface area contributed by atoms with E-state index < -0.39 is 0 Å². The summed E-state index contributed by atoms with van der Waals surface area (Å²) in [7, 11) is 0. The van der Waals surface area contributed by atoms with Crippen molar-refractivity contribution >= 4 is 22.6 Å². The number of benzene rings is 1. The van der Waals surface area contributed by atoms with Gasteiger partial charge in [-0.15, -0.1) is 0 Å². The molecule has 2 heterocycles. The van der Waals surface area contributed by atoms with Crippen molar-refractivity contribution in [3.05, 3.63) is 59.6 Å². The molecule has 3 aromatic rings. The SMILES string of the molecule is Cc1cnccc1CNC(=O)c1cc2cc(N)ccc2o1. The third-order valence-electron chi connectivity index (χ3n) is 3.34. The van der Waals surface area contributed by atoms with Crippen LogP contribution in [0.5, 0.6) is 0 Å². The molecule has 0 atom stereocenters. The van der Waals surface area contributed by atoms with Gasteiger partial charge in [-0.3, -0.25) is 9.78 Å². The number of amides is 1. The average molecular weight is 281 g/mol. The fourth-order valence-corrected chi connectivity index (χ4v) is 2.14. The van der Waals surface area contributed by atoms with E-state index in [1.807, 2.05) is 13.0 Å². The Morgan fingerprint density at radius 2 is 2.19 bits per heavy atom. The van der Waals surface area contributed by atoms with Gasteiger partial charge in [-0.25, -0.2) is 0 Å². The number of aromatic nitrogens is 1. The number of pyridine rings is 1. The highest BCUT2D eigenvalue weighted by Crippen LogP contribution is 2.21. The van der Waals surface area contributed by atoms with Crippen LogP contribution in [0.1, 0.15) is 21.7 Å². The van der Waals surface area contributed by atoms with Crippen LogP contribution >= 0.6 is 0 Å². The van der Waals surface area contributed by atoms with Crippen molar-refractivity contribution < 1.29 is 9.21 Å². The molecule has 0 aliphatic rings. The highest BCUT2D eigenvalue weighted by molar-refractivity contribution is 5.96. The summed E-state index contributed by atoms with van der Waals surface area (Å²) in [5, 5.41) is 3.66. The number of rotatable bonds is 3. The van der Waals surface area contributed by atoms with E-state index in [1.54, 1.807) is 36.7 Å². The van der Waals surface area contributed by atoms with Gasteiger partial charge in [-0.1, -0.05) is 0 Å². The largest absolute Gasteiger partial charge is 0.451 e. The summed E-state index contributed by atoms with van der Waals surface area (Å²) in [6.45, 7) is 2.39. The van der Waals surface area contributed by atoms with Crippen LogP contribution in [0, 0.1) is 6.92 Å². The number of nitrogens with one attached hydrogen (secondary N) is 1. The van der Waals surface area contributed by atoms with E-state index in [2.05, 4.69) is 10.3 Å². The molecular weight excluding hydrogens is 266 g/mol. The van der Waals surface area contributed by atoms with Gasteiger partial charge in [-0.05, 0) is 48.4 Å². The molecule has 1 amide bonds. The summed E-state index contributed by atoms with van der Waals surface area (Å²) in [4.78, 5) is 16.2. The molecule has 106 valence electrons. The van der Waals surface area contributed by atoms with Gasteiger partial charge < -0.3 is 15.5 Å². The van der Waals surface area contributed by atoms with Crippen LogP contribution in [0.2, 0.25) is 0 Å². The molecule has 3 rings (SSSR count). The van der Waals surface area contributed by atoms with Crippen molar-refractivity contribution in [1.29, 1.82) is 0 Å². The first kappa shape index (κ1) is 13.2. The lowest BCUT2D eigenvalue weighted by molar-refractivity contribution is 0.0925. The summed E-state index contributed by atoms with van der Waals surface area (Å²) in [6, 6.07) is 8.86. The topological polar surface area (TPSA) is 81.2 Å².